The Kier molecular flexibility index (Phi) is 6.74. The fraction of sp³-hybridized carbons (Fsp3) is 0.458. The van der Waals surface area contributed by atoms with Gasteiger partial charge < -0.3 is 14.8 Å². The third kappa shape index (κ3) is 4.85. The molecule has 0 saturated heterocycles. The molecule has 0 spiro atoms. The van der Waals surface area contributed by atoms with Gasteiger partial charge in [0, 0.05) is 0 Å². The third-order valence-electron chi connectivity index (χ3n) is 5.74. The van der Waals surface area contributed by atoms with Crippen LogP contribution in [0.3, 0.4) is 0 Å². The van der Waals surface area contributed by atoms with E-state index in [1.54, 1.807) is 19.2 Å². The molecule has 1 amide bonds. The first-order chi connectivity index (χ1) is 14.9. The normalized spacial score (nSPS) is 16.9. The van der Waals surface area contributed by atoms with Gasteiger partial charge in [-0.05, 0) is 73.2 Å². The predicted molar refractivity (Wildman–Crippen MR) is 126 cm³/mol. The van der Waals surface area contributed by atoms with Gasteiger partial charge in [-0.1, -0.05) is 19.9 Å². The molecule has 0 bridgehead atoms. The summed E-state index contributed by atoms with van der Waals surface area (Å²) in [4.78, 5) is 13.1. The molecule has 0 aromatic heterocycles. The summed E-state index contributed by atoms with van der Waals surface area (Å²) >= 11 is 0. The number of nitrogens with one attached hydrogen (secondary N) is 1. The van der Waals surface area contributed by atoms with Gasteiger partial charge in [-0.15, -0.1) is 0 Å². The number of benzene rings is 2. The molecule has 0 fully saturated rings. The predicted octanol–water partition coefficient (Wildman–Crippen LogP) is 3.84. The summed E-state index contributed by atoms with van der Waals surface area (Å²) < 4.78 is 37.4. The topological polar surface area (TPSA) is 84.9 Å². The second-order valence-electron chi connectivity index (χ2n) is 8.71. The summed E-state index contributed by atoms with van der Waals surface area (Å²) in [5.41, 5.74) is 4.41. The summed E-state index contributed by atoms with van der Waals surface area (Å²) in [6.07, 6.45) is 0.179. The van der Waals surface area contributed by atoms with Crippen LogP contribution >= 0.6 is 0 Å². The lowest BCUT2D eigenvalue weighted by atomic mass is 9.93. The SMILES string of the molecule is COc1cc(C)c([C@@H](C)NC(=O)[C@H]2CN(S(C)(=O)=O)c3ccc(C)cc3O2)cc1C(C)C. The number of rotatable bonds is 6. The molecule has 2 atom stereocenters. The molecule has 2 aromatic carbocycles. The Morgan fingerprint density at radius 3 is 2.44 bits per heavy atom. The number of carbonyl (C=O) groups is 1. The minimum absolute atomic E-state index is 0.0771. The van der Waals surface area contributed by atoms with Crippen molar-refractivity contribution in [3.8, 4) is 11.5 Å². The van der Waals surface area contributed by atoms with Crippen molar-refractivity contribution in [2.24, 2.45) is 0 Å². The molecule has 1 N–H and O–H groups in total. The van der Waals surface area contributed by atoms with Crippen LogP contribution in [0.15, 0.2) is 30.3 Å². The van der Waals surface area contributed by atoms with E-state index < -0.39 is 16.1 Å². The largest absolute Gasteiger partial charge is 0.496 e. The van der Waals surface area contributed by atoms with Crippen LogP contribution in [0.5, 0.6) is 11.5 Å². The smallest absolute Gasteiger partial charge is 0.263 e. The van der Waals surface area contributed by atoms with E-state index in [0.29, 0.717) is 11.4 Å². The van der Waals surface area contributed by atoms with Crippen molar-refractivity contribution in [2.75, 3.05) is 24.2 Å². The van der Waals surface area contributed by atoms with Crippen molar-refractivity contribution in [3.05, 3.63) is 52.6 Å². The first-order valence-corrected chi connectivity index (χ1v) is 12.5. The number of methoxy groups -OCH3 is 1. The highest BCUT2D eigenvalue weighted by atomic mass is 32.2. The minimum Gasteiger partial charge on any atom is -0.496 e. The van der Waals surface area contributed by atoms with Gasteiger partial charge in [-0.3, -0.25) is 9.10 Å². The Hall–Kier alpha value is -2.74. The van der Waals surface area contributed by atoms with Gasteiger partial charge >= 0.3 is 0 Å². The summed E-state index contributed by atoms with van der Waals surface area (Å²) in [5, 5.41) is 3.00. The van der Waals surface area contributed by atoms with E-state index in [2.05, 4.69) is 25.2 Å². The van der Waals surface area contributed by atoms with Crippen LogP contribution in [0, 0.1) is 13.8 Å². The molecule has 1 aliphatic heterocycles. The van der Waals surface area contributed by atoms with E-state index in [4.69, 9.17) is 9.47 Å². The van der Waals surface area contributed by atoms with E-state index in [0.717, 1.165) is 34.3 Å². The number of hydrogen-bond acceptors (Lipinski definition) is 5. The van der Waals surface area contributed by atoms with Crippen molar-refractivity contribution in [2.45, 2.75) is 52.7 Å². The molecule has 0 radical (unpaired) electrons. The van der Waals surface area contributed by atoms with E-state index in [1.165, 1.54) is 4.31 Å². The standard InChI is InChI=1S/C24H32N2O5S/c1-14(2)18-12-19(16(4)11-21(18)30-6)17(5)25-24(27)23-13-26(32(7,28)29)20-9-8-15(3)10-22(20)31-23/h8-12,14,17,23H,13H2,1-7H3,(H,25,27)/t17-,23-/m1/s1. The first kappa shape index (κ1) is 23.9. The average Bonchev–Trinajstić information content (AvgIpc) is 2.71. The lowest BCUT2D eigenvalue weighted by molar-refractivity contribution is -0.128. The summed E-state index contributed by atoms with van der Waals surface area (Å²) in [6.45, 7) is 9.88. The zero-order valence-electron chi connectivity index (χ0n) is 19.7. The van der Waals surface area contributed by atoms with Crippen molar-refractivity contribution in [1.82, 2.24) is 5.32 Å². The molecule has 32 heavy (non-hydrogen) atoms. The molecule has 174 valence electrons. The Labute approximate surface area is 190 Å². The number of ether oxygens (including phenoxy) is 2. The van der Waals surface area contributed by atoms with Crippen LogP contribution in [-0.4, -0.2) is 40.3 Å². The Bertz CT molecular complexity index is 1130. The first-order valence-electron chi connectivity index (χ1n) is 10.7. The van der Waals surface area contributed by atoms with Gasteiger partial charge in [0.05, 0.1) is 31.6 Å². The van der Waals surface area contributed by atoms with Gasteiger partial charge in [0.25, 0.3) is 5.91 Å². The quantitative estimate of drug-likeness (QED) is 0.708. The van der Waals surface area contributed by atoms with Gasteiger partial charge in [0.2, 0.25) is 10.0 Å². The lowest BCUT2D eigenvalue weighted by Gasteiger charge is -2.34. The second-order valence-corrected chi connectivity index (χ2v) is 10.6. The van der Waals surface area contributed by atoms with Crippen LogP contribution in [0.4, 0.5) is 5.69 Å². The third-order valence-corrected chi connectivity index (χ3v) is 6.89. The minimum atomic E-state index is -3.57. The number of anilines is 1. The molecule has 8 heteroatoms. The zero-order valence-corrected chi connectivity index (χ0v) is 20.5. The fourth-order valence-corrected chi connectivity index (χ4v) is 4.92. The van der Waals surface area contributed by atoms with Crippen molar-refractivity contribution in [1.29, 1.82) is 0 Å². The van der Waals surface area contributed by atoms with Crippen LogP contribution in [-0.2, 0) is 14.8 Å². The Morgan fingerprint density at radius 2 is 1.84 bits per heavy atom. The molecule has 0 aliphatic carbocycles. The number of sulfonamides is 1. The molecule has 1 aliphatic rings. The number of fused-ring (bicyclic) bond motifs is 1. The molecule has 2 aromatic rings. The summed E-state index contributed by atoms with van der Waals surface area (Å²) in [7, 11) is -1.92. The maximum absolute atomic E-state index is 13.1. The fourth-order valence-electron chi connectivity index (χ4n) is 4.01. The van der Waals surface area contributed by atoms with E-state index in [-0.39, 0.29) is 24.4 Å². The van der Waals surface area contributed by atoms with Gasteiger partial charge in [0.1, 0.15) is 11.5 Å². The number of carbonyl (C=O) groups excluding carboxylic acids is 1. The maximum atomic E-state index is 13.1. The van der Waals surface area contributed by atoms with Gasteiger partial charge in [-0.25, -0.2) is 8.42 Å². The zero-order chi connectivity index (χ0) is 23.8. The highest BCUT2D eigenvalue weighted by Gasteiger charge is 2.35. The highest BCUT2D eigenvalue weighted by molar-refractivity contribution is 7.92. The molecular weight excluding hydrogens is 428 g/mol. The van der Waals surface area contributed by atoms with Crippen LogP contribution in [0.25, 0.3) is 0 Å². The van der Waals surface area contributed by atoms with Crippen LogP contribution in [0.1, 0.15) is 55.0 Å². The molecule has 0 unspecified atom stereocenters. The number of nitrogens with zero attached hydrogens (tertiary/aromatic N) is 1. The van der Waals surface area contributed by atoms with E-state index in [1.807, 2.05) is 32.9 Å². The molecule has 1 heterocycles. The van der Waals surface area contributed by atoms with E-state index in [9.17, 15) is 13.2 Å². The maximum Gasteiger partial charge on any atom is 0.263 e. The average molecular weight is 461 g/mol. The number of aryl methyl sites for hydroxylation is 2. The molecule has 3 rings (SSSR count). The highest BCUT2D eigenvalue weighted by Crippen LogP contribution is 2.36. The van der Waals surface area contributed by atoms with Crippen molar-refractivity contribution < 1.29 is 22.7 Å². The Balaban J connectivity index is 1.86. The molecule has 7 nitrogen and oxygen atoms in total. The van der Waals surface area contributed by atoms with Gasteiger partial charge in [0.15, 0.2) is 6.10 Å². The van der Waals surface area contributed by atoms with Crippen LogP contribution in [0.2, 0.25) is 0 Å². The van der Waals surface area contributed by atoms with E-state index >= 15 is 0 Å². The monoisotopic (exact) mass is 460 g/mol. The van der Waals surface area contributed by atoms with Crippen molar-refractivity contribution >= 4 is 21.6 Å². The number of amides is 1. The lowest BCUT2D eigenvalue weighted by Crippen LogP contribution is -2.50. The van der Waals surface area contributed by atoms with Crippen LogP contribution < -0.4 is 19.1 Å². The Morgan fingerprint density at radius 1 is 1.16 bits per heavy atom. The number of hydrogen-bond donors (Lipinski definition) is 1. The van der Waals surface area contributed by atoms with Gasteiger partial charge in [-0.2, -0.15) is 0 Å². The molecule has 0 saturated carbocycles. The van der Waals surface area contributed by atoms with Crippen molar-refractivity contribution in [3.63, 3.8) is 0 Å². The summed E-state index contributed by atoms with van der Waals surface area (Å²) in [5.74, 6) is 1.11. The molecular formula is C24H32N2O5S. The summed E-state index contributed by atoms with van der Waals surface area (Å²) in [6, 6.07) is 9.03. The second kappa shape index (κ2) is 9.02.